The fraction of sp³-hybridized carbons (Fsp3) is 0.464. The molecule has 1 saturated heterocycles. The quantitative estimate of drug-likeness (QED) is 0.522. The maximum absolute atomic E-state index is 11.5. The Bertz CT molecular complexity index is 923. The van der Waals surface area contributed by atoms with Gasteiger partial charge in [0.25, 0.3) is 0 Å². The number of rotatable bonds is 8. The lowest BCUT2D eigenvalue weighted by molar-refractivity contribution is 0.112. The summed E-state index contributed by atoms with van der Waals surface area (Å²) in [6.45, 7) is 17.0. The zero-order valence-corrected chi connectivity index (χ0v) is 19.6. The molecule has 4 nitrogen and oxygen atoms in total. The normalized spacial score (nSPS) is 21.4. The van der Waals surface area contributed by atoms with Gasteiger partial charge in [-0.1, -0.05) is 57.2 Å². The topological polar surface area (TPSA) is 26.8 Å². The SMILES string of the molecule is C=CC1=C(C=C)N(CCN2CCCCC2)CCN2c3cc(C=O)ccc3C(CCC)=CC12. The number of anilines is 1. The molecule has 1 fully saturated rings. The van der Waals surface area contributed by atoms with Crippen molar-refractivity contribution in [3.8, 4) is 0 Å². The highest BCUT2D eigenvalue weighted by molar-refractivity contribution is 5.87. The van der Waals surface area contributed by atoms with E-state index in [1.165, 1.54) is 60.4 Å². The smallest absolute Gasteiger partial charge is 0.150 e. The second-order valence-corrected chi connectivity index (χ2v) is 9.11. The lowest BCUT2D eigenvalue weighted by atomic mass is 9.88. The summed E-state index contributed by atoms with van der Waals surface area (Å²) >= 11 is 0. The number of carbonyl (C=O) groups is 1. The van der Waals surface area contributed by atoms with Gasteiger partial charge in [0.1, 0.15) is 6.29 Å². The van der Waals surface area contributed by atoms with Crippen LogP contribution in [-0.4, -0.2) is 61.4 Å². The van der Waals surface area contributed by atoms with Crippen molar-refractivity contribution >= 4 is 17.5 Å². The van der Waals surface area contributed by atoms with E-state index in [-0.39, 0.29) is 6.04 Å². The van der Waals surface area contributed by atoms with E-state index < -0.39 is 0 Å². The Morgan fingerprint density at radius 2 is 1.84 bits per heavy atom. The molecule has 0 radical (unpaired) electrons. The minimum atomic E-state index is 0.122. The summed E-state index contributed by atoms with van der Waals surface area (Å²) < 4.78 is 0. The third kappa shape index (κ3) is 4.47. The number of carbonyl (C=O) groups excluding carboxylic acids is 1. The summed E-state index contributed by atoms with van der Waals surface area (Å²) in [6.07, 6.45) is 13.5. The average molecular weight is 432 g/mol. The fourth-order valence-corrected chi connectivity index (χ4v) is 5.49. The van der Waals surface area contributed by atoms with Gasteiger partial charge in [-0.2, -0.15) is 0 Å². The number of aldehydes is 1. The molecule has 1 atom stereocenters. The Morgan fingerprint density at radius 3 is 2.53 bits per heavy atom. The molecule has 1 unspecified atom stereocenters. The monoisotopic (exact) mass is 431 g/mol. The first kappa shape index (κ1) is 22.6. The first-order valence-electron chi connectivity index (χ1n) is 12.2. The number of piperidine rings is 1. The Balaban J connectivity index is 1.70. The number of likely N-dealkylation sites (tertiary alicyclic amines) is 1. The average Bonchev–Trinajstić information content (AvgIpc) is 2.99. The van der Waals surface area contributed by atoms with E-state index in [0.29, 0.717) is 0 Å². The summed E-state index contributed by atoms with van der Waals surface area (Å²) in [4.78, 5) is 19.1. The molecular weight excluding hydrogens is 394 g/mol. The molecule has 0 bridgehead atoms. The number of allylic oxidation sites excluding steroid dienone is 2. The maximum atomic E-state index is 11.5. The van der Waals surface area contributed by atoms with Crippen molar-refractivity contribution in [1.82, 2.24) is 9.80 Å². The largest absolute Gasteiger partial charge is 0.368 e. The van der Waals surface area contributed by atoms with Crippen LogP contribution in [0.3, 0.4) is 0 Å². The minimum Gasteiger partial charge on any atom is -0.368 e. The van der Waals surface area contributed by atoms with Gasteiger partial charge >= 0.3 is 0 Å². The van der Waals surface area contributed by atoms with Crippen molar-refractivity contribution in [3.63, 3.8) is 0 Å². The molecule has 3 aliphatic rings. The van der Waals surface area contributed by atoms with E-state index in [0.717, 1.165) is 50.9 Å². The van der Waals surface area contributed by atoms with Crippen molar-refractivity contribution < 1.29 is 4.79 Å². The third-order valence-electron chi connectivity index (χ3n) is 7.14. The van der Waals surface area contributed by atoms with Crippen LogP contribution in [0.15, 0.2) is 60.9 Å². The summed E-state index contributed by atoms with van der Waals surface area (Å²) in [5, 5.41) is 0. The van der Waals surface area contributed by atoms with Crippen molar-refractivity contribution in [2.75, 3.05) is 44.2 Å². The van der Waals surface area contributed by atoms with Gasteiger partial charge in [0.2, 0.25) is 0 Å². The van der Waals surface area contributed by atoms with Crippen molar-refractivity contribution in [3.05, 3.63) is 72.0 Å². The predicted molar refractivity (Wildman–Crippen MR) is 135 cm³/mol. The van der Waals surface area contributed by atoms with Gasteiger partial charge in [-0.15, -0.1) is 0 Å². The molecule has 3 heterocycles. The molecule has 0 aromatic heterocycles. The van der Waals surface area contributed by atoms with E-state index in [9.17, 15) is 4.79 Å². The molecule has 0 amide bonds. The molecule has 3 aliphatic heterocycles. The van der Waals surface area contributed by atoms with Gasteiger partial charge in [0.05, 0.1) is 6.04 Å². The van der Waals surface area contributed by atoms with Crippen LogP contribution in [0.2, 0.25) is 0 Å². The number of hydrogen-bond donors (Lipinski definition) is 0. The third-order valence-corrected chi connectivity index (χ3v) is 7.14. The molecule has 0 spiro atoms. The minimum absolute atomic E-state index is 0.122. The summed E-state index contributed by atoms with van der Waals surface area (Å²) in [5.41, 5.74) is 6.95. The molecule has 4 rings (SSSR count). The van der Waals surface area contributed by atoms with Gasteiger partial charge in [0, 0.05) is 54.3 Å². The number of benzene rings is 1. The first-order valence-corrected chi connectivity index (χ1v) is 12.2. The molecule has 4 heteroatoms. The molecule has 170 valence electrons. The molecular formula is C28H37N3O. The molecule has 1 aromatic rings. The highest BCUT2D eigenvalue weighted by atomic mass is 16.1. The van der Waals surface area contributed by atoms with Crippen molar-refractivity contribution in [2.45, 2.75) is 45.1 Å². The van der Waals surface area contributed by atoms with E-state index in [1.807, 2.05) is 18.2 Å². The zero-order chi connectivity index (χ0) is 22.5. The highest BCUT2D eigenvalue weighted by Crippen LogP contribution is 2.40. The standard InChI is InChI=1S/C28H37N3O/c1-4-10-23-20-28-24(5-2)26(6-3)30(16-15-29-13-8-7-9-14-29)17-18-31(28)27-19-22(21-32)11-12-25(23)27/h5-6,11-12,19-21,28H,2-4,7-10,13-18H2,1H3. The number of hydrogen-bond acceptors (Lipinski definition) is 4. The molecule has 0 saturated carbocycles. The summed E-state index contributed by atoms with van der Waals surface area (Å²) in [7, 11) is 0. The van der Waals surface area contributed by atoms with Gasteiger partial charge < -0.3 is 14.7 Å². The van der Waals surface area contributed by atoms with Gasteiger partial charge in [-0.25, -0.2) is 0 Å². The van der Waals surface area contributed by atoms with Crippen LogP contribution in [0.1, 0.15) is 54.9 Å². The number of nitrogens with zero attached hydrogens (tertiary/aromatic N) is 3. The van der Waals surface area contributed by atoms with Crippen molar-refractivity contribution in [1.29, 1.82) is 0 Å². The lowest BCUT2D eigenvalue weighted by Gasteiger charge is -2.37. The predicted octanol–water partition coefficient (Wildman–Crippen LogP) is 5.30. The van der Waals surface area contributed by atoms with Crippen LogP contribution in [0, 0.1) is 0 Å². The molecule has 0 N–H and O–H groups in total. The van der Waals surface area contributed by atoms with Gasteiger partial charge in [-0.3, -0.25) is 4.79 Å². The molecule has 0 aliphatic carbocycles. The van der Waals surface area contributed by atoms with Crippen LogP contribution in [0.4, 0.5) is 5.69 Å². The van der Waals surface area contributed by atoms with E-state index in [1.54, 1.807) is 0 Å². The van der Waals surface area contributed by atoms with Crippen LogP contribution >= 0.6 is 0 Å². The van der Waals surface area contributed by atoms with Crippen LogP contribution in [0.25, 0.3) is 5.57 Å². The summed E-state index contributed by atoms with van der Waals surface area (Å²) in [5.74, 6) is 0. The zero-order valence-electron chi connectivity index (χ0n) is 19.6. The van der Waals surface area contributed by atoms with Crippen LogP contribution in [0.5, 0.6) is 0 Å². The Kier molecular flexibility index (Phi) is 7.31. The van der Waals surface area contributed by atoms with E-state index in [4.69, 9.17) is 0 Å². The lowest BCUT2D eigenvalue weighted by Crippen LogP contribution is -2.41. The van der Waals surface area contributed by atoms with E-state index in [2.05, 4.69) is 53.0 Å². The fourth-order valence-electron chi connectivity index (χ4n) is 5.49. The molecule has 1 aromatic carbocycles. The van der Waals surface area contributed by atoms with Crippen molar-refractivity contribution in [2.24, 2.45) is 0 Å². The number of fused-ring (bicyclic) bond motifs is 3. The second-order valence-electron chi connectivity index (χ2n) is 9.11. The van der Waals surface area contributed by atoms with Crippen LogP contribution < -0.4 is 4.90 Å². The first-order chi connectivity index (χ1) is 15.7. The highest BCUT2D eigenvalue weighted by Gasteiger charge is 2.32. The Hall–Kier alpha value is -2.59. The molecule has 32 heavy (non-hydrogen) atoms. The van der Waals surface area contributed by atoms with Crippen LogP contribution in [-0.2, 0) is 0 Å². The second kappa shape index (κ2) is 10.4. The maximum Gasteiger partial charge on any atom is 0.150 e. The van der Waals surface area contributed by atoms with Gasteiger partial charge in [-0.05, 0) is 50.1 Å². The Labute approximate surface area is 193 Å². The Morgan fingerprint density at radius 1 is 1.03 bits per heavy atom. The summed E-state index contributed by atoms with van der Waals surface area (Å²) in [6, 6.07) is 6.26. The van der Waals surface area contributed by atoms with E-state index >= 15 is 0 Å². The van der Waals surface area contributed by atoms with Gasteiger partial charge in [0.15, 0.2) is 0 Å².